The van der Waals surface area contributed by atoms with Crippen LogP contribution < -0.4 is 0 Å². The Kier molecular flexibility index (Phi) is 5.21. The van der Waals surface area contributed by atoms with Crippen molar-refractivity contribution in [2.45, 2.75) is 19.4 Å². The topological polar surface area (TPSA) is 60.9 Å². The van der Waals surface area contributed by atoms with Gasteiger partial charge in [-0.15, -0.1) is 0 Å². The van der Waals surface area contributed by atoms with Gasteiger partial charge < -0.3 is 14.9 Å². The Morgan fingerprint density at radius 1 is 0.966 bits per heavy atom. The maximum atomic E-state index is 12.8. The Bertz CT molecular complexity index is 1050. The van der Waals surface area contributed by atoms with Gasteiger partial charge in [-0.2, -0.15) is 0 Å². The number of benzene rings is 3. The smallest absolute Gasteiger partial charge is 0.254 e. The second-order valence-electron chi connectivity index (χ2n) is 7.59. The average Bonchev–Trinajstić information content (AvgIpc) is 2.73. The first-order chi connectivity index (χ1) is 14.0. The fourth-order valence-corrected chi connectivity index (χ4v) is 3.89. The molecule has 148 valence electrons. The minimum absolute atomic E-state index is 0.0643. The number of phenolic OH excluding ortho intramolecular Hbond substituents is 1. The third-order valence-electron chi connectivity index (χ3n) is 5.52. The Morgan fingerprint density at radius 2 is 1.69 bits per heavy atom. The van der Waals surface area contributed by atoms with Gasteiger partial charge in [0.05, 0.1) is 6.42 Å². The van der Waals surface area contributed by atoms with Crippen LogP contribution in [-0.2, 0) is 11.2 Å². The molecule has 0 radical (unpaired) electrons. The fraction of sp³-hybridized carbons (Fsp3) is 0.250. The van der Waals surface area contributed by atoms with Crippen LogP contribution in [0.25, 0.3) is 10.8 Å². The maximum Gasteiger partial charge on any atom is 0.254 e. The molecule has 1 aliphatic heterocycles. The van der Waals surface area contributed by atoms with Gasteiger partial charge in [0.2, 0.25) is 5.91 Å². The molecule has 0 aliphatic carbocycles. The minimum Gasteiger partial charge on any atom is -0.508 e. The van der Waals surface area contributed by atoms with Crippen molar-refractivity contribution in [3.8, 4) is 5.75 Å². The molecule has 0 aromatic heterocycles. The summed E-state index contributed by atoms with van der Waals surface area (Å²) in [5.41, 5.74) is 1.55. The summed E-state index contributed by atoms with van der Waals surface area (Å²) in [6.45, 7) is 3.52. The van der Waals surface area contributed by atoms with E-state index in [1.807, 2.05) is 30.0 Å². The monoisotopic (exact) mass is 388 g/mol. The minimum atomic E-state index is -0.0703. The van der Waals surface area contributed by atoms with Crippen LogP contribution in [0.3, 0.4) is 0 Å². The fourth-order valence-electron chi connectivity index (χ4n) is 3.89. The van der Waals surface area contributed by atoms with E-state index in [1.165, 1.54) is 17.5 Å². The van der Waals surface area contributed by atoms with Gasteiger partial charge in [-0.3, -0.25) is 9.59 Å². The van der Waals surface area contributed by atoms with Crippen molar-refractivity contribution < 1.29 is 14.7 Å². The van der Waals surface area contributed by atoms with Crippen LogP contribution in [0, 0.1) is 0 Å². The highest BCUT2D eigenvalue weighted by Crippen LogP contribution is 2.19. The number of fused-ring (bicyclic) bond motifs is 1. The van der Waals surface area contributed by atoms with Gasteiger partial charge in [0.25, 0.3) is 5.91 Å². The van der Waals surface area contributed by atoms with E-state index in [2.05, 4.69) is 24.3 Å². The zero-order valence-electron chi connectivity index (χ0n) is 16.4. The van der Waals surface area contributed by atoms with Gasteiger partial charge in [-0.05, 0) is 47.5 Å². The molecule has 5 heteroatoms. The van der Waals surface area contributed by atoms with E-state index < -0.39 is 0 Å². The van der Waals surface area contributed by atoms with Crippen molar-refractivity contribution in [2.24, 2.45) is 0 Å². The van der Waals surface area contributed by atoms with Gasteiger partial charge in [-0.1, -0.05) is 42.5 Å². The highest BCUT2D eigenvalue weighted by atomic mass is 16.3. The summed E-state index contributed by atoms with van der Waals surface area (Å²) in [5, 5.41) is 11.7. The molecular weight excluding hydrogens is 364 g/mol. The third-order valence-corrected chi connectivity index (χ3v) is 5.52. The first-order valence-corrected chi connectivity index (χ1v) is 9.87. The molecule has 1 heterocycles. The molecule has 5 nitrogen and oxygen atoms in total. The zero-order chi connectivity index (χ0) is 20.4. The highest BCUT2D eigenvalue weighted by molar-refractivity contribution is 5.94. The molecule has 1 N–H and O–H groups in total. The number of rotatable bonds is 3. The maximum absolute atomic E-state index is 12.8. The molecule has 1 unspecified atom stereocenters. The highest BCUT2D eigenvalue weighted by Gasteiger charge is 2.30. The lowest BCUT2D eigenvalue weighted by Gasteiger charge is -2.40. The van der Waals surface area contributed by atoms with Crippen LogP contribution in [0.15, 0.2) is 66.7 Å². The van der Waals surface area contributed by atoms with Crippen molar-refractivity contribution >= 4 is 22.6 Å². The van der Waals surface area contributed by atoms with E-state index in [1.54, 1.807) is 17.0 Å². The number of phenols is 1. The Morgan fingerprint density at radius 3 is 2.41 bits per heavy atom. The van der Waals surface area contributed by atoms with Gasteiger partial charge in [0.1, 0.15) is 5.75 Å². The van der Waals surface area contributed by atoms with Crippen molar-refractivity contribution in [1.82, 2.24) is 9.80 Å². The van der Waals surface area contributed by atoms with Crippen molar-refractivity contribution in [3.63, 3.8) is 0 Å². The second-order valence-corrected chi connectivity index (χ2v) is 7.59. The summed E-state index contributed by atoms with van der Waals surface area (Å²) in [6.07, 6.45) is 0.365. The van der Waals surface area contributed by atoms with Gasteiger partial charge in [-0.25, -0.2) is 0 Å². The summed E-state index contributed by atoms with van der Waals surface area (Å²) in [5.74, 6) is 0.154. The zero-order valence-corrected chi connectivity index (χ0v) is 16.4. The second kappa shape index (κ2) is 7.95. The van der Waals surface area contributed by atoms with Gasteiger partial charge in [0.15, 0.2) is 0 Å². The lowest BCUT2D eigenvalue weighted by Crippen LogP contribution is -2.55. The summed E-state index contributed by atoms with van der Waals surface area (Å²) >= 11 is 0. The molecule has 0 spiro atoms. The van der Waals surface area contributed by atoms with Gasteiger partial charge in [0, 0.05) is 31.2 Å². The number of carbonyl (C=O) groups is 2. The Labute approximate surface area is 170 Å². The molecule has 3 aromatic carbocycles. The Balaban J connectivity index is 1.40. The molecule has 0 bridgehead atoms. The van der Waals surface area contributed by atoms with E-state index in [9.17, 15) is 14.7 Å². The van der Waals surface area contributed by atoms with Crippen LogP contribution in [0.5, 0.6) is 5.75 Å². The number of nitrogens with zero attached hydrogens (tertiary/aromatic N) is 2. The van der Waals surface area contributed by atoms with E-state index >= 15 is 0 Å². The molecule has 1 atom stereocenters. The molecule has 1 saturated heterocycles. The number of hydrogen-bond acceptors (Lipinski definition) is 3. The summed E-state index contributed by atoms with van der Waals surface area (Å²) < 4.78 is 0. The lowest BCUT2D eigenvalue weighted by atomic mass is 10.0. The molecule has 29 heavy (non-hydrogen) atoms. The quantitative estimate of drug-likeness (QED) is 0.747. The first-order valence-electron chi connectivity index (χ1n) is 9.87. The molecule has 3 aromatic rings. The van der Waals surface area contributed by atoms with Crippen LogP contribution in [0.2, 0.25) is 0 Å². The van der Waals surface area contributed by atoms with E-state index in [-0.39, 0.29) is 23.6 Å². The van der Waals surface area contributed by atoms with Crippen LogP contribution in [-0.4, -0.2) is 52.4 Å². The molecular formula is C24H24N2O3. The molecule has 2 amide bonds. The summed E-state index contributed by atoms with van der Waals surface area (Å²) in [4.78, 5) is 29.2. The van der Waals surface area contributed by atoms with Crippen LogP contribution in [0.4, 0.5) is 0 Å². The van der Waals surface area contributed by atoms with E-state index in [4.69, 9.17) is 0 Å². The van der Waals surface area contributed by atoms with Crippen molar-refractivity contribution in [3.05, 3.63) is 77.9 Å². The van der Waals surface area contributed by atoms with Gasteiger partial charge >= 0.3 is 0 Å². The van der Waals surface area contributed by atoms with Crippen molar-refractivity contribution in [2.75, 3.05) is 19.6 Å². The number of carbonyl (C=O) groups excluding carboxylic acids is 2. The SMILES string of the molecule is CC1CN(C(=O)Cc2ccc3ccccc3c2)CCN1C(=O)c1ccc(O)cc1. The number of piperazine rings is 1. The first kappa shape index (κ1) is 19.0. The largest absolute Gasteiger partial charge is 0.508 e. The molecule has 0 saturated carbocycles. The van der Waals surface area contributed by atoms with Crippen molar-refractivity contribution in [1.29, 1.82) is 0 Å². The Hall–Kier alpha value is -3.34. The molecule has 1 fully saturated rings. The predicted molar refractivity (Wildman–Crippen MR) is 113 cm³/mol. The average molecular weight is 388 g/mol. The standard InChI is InChI=1S/C24H24N2O3/c1-17-16-25(12-13-26(17)24(29)20-8-10-22(27)11-9-20)23(28)15-18-6-7-19-4-2-3-5-21(19)14-18/h2-11,14,17,27H,12-13,15-16H2,1H3. The van der Waals surface area contributed by atoms with Crippen LogP contribution in [0.1, 0.15) is 22.8 Å². The van der Waals surface area contributed by atoms with Crippen LogP contribution >= 0.6 is 0 Å². The normalized spacial score (nSPS) is 16.8. The molecule has 1 aliphatic rings. The summed E-state index contributed by atoms with van der Waals surface area (Å²) in [6, 6.07) is 20.5. The predicted octanol–water partition coefficient (Wildman–Crippen LogP) is 3.46. The lowest BCUT2D eigenvalue weighted by molar-refractivity contribution is -0.132. The van der Waals surface area contributed by atoms with E-state index in [0.29, 0.717) is 31.6 Å². The number of hydrogen-bond donors (Lipinski definition) is 1. The van der Waals surface area contributed by atoms with E-state index in [0.717, 1.165) is 10.9 Å². The molecule has 4 rings (SSSR count). The summed E-state index contributed by atoms with van der Waals surface area (Å²) in [7, 11) is 0. The number of amides is 2. The number of aromatic hydroxyl groups is 1. The third kappa shape index (κ3) is 4.09.